The third-order valence-corrected chi connectivity index (χ3v) is 6.31. The quantitative estimate of drug-likeness (QED) is 0.610. The molecule has 0 saturated carbocycles. The molecule has 0 bridgehead atoms. The van der Waals surface area contributed by atoms with E-state index in [4.69, 9.17) is 16.3 Å². The molecule has 1 amide bonds. The topological polar surface area (TPSA) is 81.1 Å². The van der Waals surface area contributed by atoms with Gasteiger partial charge in [0.2, 0.25) is 11.1 Å². The van der Waals surface area contributed by atoms with Crippen molar-refractivity contribution in [3.05, 3.63) is 64.4 Å². The van der Waals surface area contributed by atoms with Crippen molar-refractivity contribution in [1.82, 2.24) is 14.9 Å². The van der Waals surface area contributed by atoms with Crippen molar-refractivity contribution in [3.8, 4) is 5.75 Å². The maximum Gasteiger partial charge on any atom is 0.240 e. The Morgan fingerprint density at radius 1 is 1.23 bits per heavy atom. The Bertz CT molecular complexity index is 1070. The molecule has 0 fully saturated rings. The van der Waals surface area contributed by atoms with Gasteiger partial charge in [-0.05, 0) is 56.2 Å². The van der Waals surface area contributed by atoms with Crippen LogP contribution in [0, 0.1) is 13.8 Å². The van der Waals surface area contributed by atoms with E-state index in [1.165, 1.54) is 11.8 Å². The molecule has 0 aliphatic carbocycles. The second-order valence-electron chi connectivity index (χ2n) is 6.96. The largest absolute Gasteiger partial charge is 0.494 e. The molecule has 2 aromatic carbocycles. The van der Waals surface area contributed by atoms with Crippen molar-refractivity contribution in [3.63, 3.8) is 0 Å². The molecule has 1 aliphatic heterocycles. The van der Waals surface area contributed by atoms with E-state index in [1.54, 1.807) is 12.1 Å². The van der Waals surface area contributed by atoms with Gasteiger partial charge in [0.25, 0.3) is 0 Å². The van der Waals surface area contributed by atoms with E-state index in [0.717, 1.165) is 22.7 Å². The number of benzene rings is 2. The summed E-state index contributed by atoms with van der Waals surface area (Å²) in [6.45, 7) is 6.35. The van der Waals surface area contributed by atoms with Crippen LogP contribution in [0.5, 0.6) is 5.75 Å². The lowest BCUT2D eigenvalue weighted by atomic mass is 10.0. The first-order valence-corrected chi connectivity index (χ1v) is 10.9. The van der Waals surface area contributed by atoms with Gasteiger partial charge in [-0.3, -0.25) is 4.79 Å². The van der Waals surface area contributed by atoms with E-state index in [0.29, 0.717) is 22.5 Å². The minimum absolute atomic E-state index is 0.136. The van der Waals surface area contributed by atoms with Crippen LogP contribution < -0.4 is 15.5 Å². The number of hydrogen-bond acceptors (Lipinski definition) is 6. The van der Waals surface area contributed by atoms with E-state index in [2.05, 4.69) is 20.9 Å². The number of carbonyl (C=O) groups is 1. The van der Waals surface area contributed by atoms with Gasteiger partial charge in [-0.2, -0.15) is 0 Å². The zero-order chi connectivity index (χ0) is 21.3. The van der Waals surface area contributed by atoms with Crippen LogP contribution in [0.25, 0.3) is 0 Å². The van der Waals surface area contributed by atoms with E-state index < -0.39 is 5.25 Å². The average Bonchev–Trinajstić information content (AvgIpc) is 3.10. The Kier molecular flexibility index (Phi) is 5.87. The highest BCUT2D eigenvalue weighted by molar-refractivity contribution is 8.00. The highest BCUT2D eigenvalue weighted by Crippen LogP contribution is 2.38. The molecule has 3 aromatic rings. The van der Waals surface area contributed by atoms with Gasteiger partial charge < -0.3 is 15.5 Å². The van der Waals surface area contributed by atoms with Crippen LogP contribution in [-0.2, 0) is 4.79 Å². The number of aryl methyl sites for hydroxylation is 2. The maximum atomic E-state index is 13.3. The number of nitrogens with zero attached hydrogens (tertiary/aromatic N) is 3. The molecule has 9 heteroatoms. The number of carbonyl (C=O) groups excluding carboxylic acids is 1. The monoisotopic (exact) mass is 443 g/mol. The van der Waals surface area contributed by atoms with Crippen molar-refractivity contribution in [2.75, 3.05) is 17.3 Å². The van der Waals surface area contributed by atoms with Crippen molar-refractivity contribution in [2.45, 2.75) is 37.2 Å². The van der Waals surface area contributed by atoms with Crippen LogP contribution in [-0.4, -0.2) is 32.6 Å². The van der Waals surface area contributed by atoms with Gasteiger partial charge in [0, 0.05) is 10.7 Å². The fourth-order valence-corrected chi connectivity index (χ4v) is 4.58. The molecular weight excluding hydrogens is 422 g/mol. The highest BCUT2D eigenvalue weighted by atomic mass is 35.5. The molecule has 0 saturated heterocycles. The lowest BCUT2D eigenvalue weighted by molar-refractivity contribution is -0.116. The number of ether oxygens (including phenoxy) is 1. The van der Waals surface area contributed by atoms with E-state index in [9.17, 15) is 4.79 Å². The zero-order valence-corrected chi connectivity index (χ0v) is 18.4. The number of amides is 1. The van der Waals surface area contributed by atoms with Crippen molar-refractivity contribution >= 4 is 35.0 Å². The minimum atomic E-state index is -0.461. The molecular formula is C21H22ClN5O2S. The molecule has 2 heterocycles. The molecule has 0 spiro atoms. The summed E-state index contributed by atoms with van der Waals surface area (Å²) >= 11 is 7.50. The first-order chi connectivity index (χ1) is 14.5. The Balaban J connectivity index is 1.65. The van der Waals surface area contributed by atoms with Gasteiger partial charge >= 0.3 is 0 Å². The smallest absolute Gasteiger partial charge is 0.240 e. The second kappa shape index (κ2) is 8.57. The average molecular weight is 444 g/mol. The summed E-state index contributed by atoms with van der Waals surface area (Å²) < 4.78 is 7.37. The predicted molar refractivity (Wildman–Crippen MR) is 119 cm³/mol. The van der Waals surface area contributed by atoms with Gasteiger partial charge in [-0.1, -0.05) is 41.6 Å². The summed E-state index contributed by atoms with van der Waals surface area (Å²) in [6.07, 6.45) is 0. The van der Waals surface area contributed by atoms with Gasteiger partial charge in [0.1, 0.15) is 16.8 Å². The number of halogens is 1. The highest BCUT2D eigenvalue weighted by Gasteiger charge is 2.37. The maximum absolute atomic E-state index is 13.3. The first-order valence-electron chi connectivity index (χ1n) is 9.61. The summed E-state index contributed by atoms with van der Waals surface area (Å²) in [6, 6.07) is 12.9. The summed E-state index contributed by atoms with van der Waals surface area (Å²) in [4.78, 5) is 13.3. The Hall–Kier alpha value is -2.71. The van der Waals surface area contributed by atoms with Crippen LogP contribution >= 0.6 is 23.4 Å². The SMILES string of the molecule is CCOc1ccc([C@H]2Nn3c(C)nnc3S[C@H]2C(=O)Nc2cc(Cl)ccc2C)cc1. The molecule has 1 aromatic heterocycles. The predicted octanol–water partition coefficient (Wildman–Crippen LogP) is 4.34. The van der Waals surface area contributed by atoms with Crippen molar-refractivity contribution in [2.24, 2.45) is 0 Å². The lowest BCUT2D eigenvalue weighted by Crippen LogP contribution is -2.41. The van der Waals surface area contributed by atoms with E-state index in [-0.39, 0.29) is 11.9 Å². The van der Waals surface area contributed by atoms with Gasteiger partial charge in [0.15, 0.2) is 0 Å². The molecule has 1 aliphatic rings. The normalized spacial score (nSPS) is 17.7. The summed E-state index contributed by atoms with van der Waals surface area (Å²) in [5.74, 6) is 1.39. The van der Waals surface area contributed by atoms with E-state index >= 15 is 0 Å². The number of anilines is 1. The summed E-state index contributed by atoms with van der Waals surface area (Å²) in [5.41, 5.74) is 6.00. The molecule has 2 atom stereocenters. The molecule has 0 radical (unpaired) electrons. The number of hydrogen-bond donors (Lipinski definition) is 2. The van der Waals surface area contributed by atoms with Crippen molar-refractivity contribution < 1.29 is 9.53 Å². The van der Waals surface area contributed by atoms with Gasteiger partial charge in [-0.15, -0.1) is 10.2 Å². The van der Waals surface area contributed by atoms with Crippen LogP contribution in [0.15, 0.2) is 47.6 Å². The van der Waals surface area contributed by atoms with Gasteiger partial charge in [-0.25, -0.2) is 4.68 Å². The lowest BCUT2D eigenvalue weighted by Gasteiger charge is -2.33. The molecule has 2 N–H and O–H groups in total. The van der Waals surface area contributed by atoms with Crippen LogP contribution in [0.1, 0.15) is 29.9 Å². The number of rotatable bonds is 5. The molecule has 4 rings (SSSR count). The third-order valence-electron chi connectivity index (χ3n) is 4.86. The molecule has 0 unspecified atom stereocenters. The van der Waals surface area contributed by atoms with Crippen LogP contribution in [0.2, 0.25) is 5.02 Å². The fourth-order valence-electron chi connectivity index (χ4n) is 3.28. The molecule has 156 valence electrons. The van der Waals surface area contributed by atoms with E-state index in [1.807, 2.05) is 55.8 Å². The first kappa shape index (κ1) is 20.6. The standard InChI is InChI=1S/C21H22ClN5O2S/c1-4-29-16-9-6-14(7-10-16)18-19(30-21-25-24-13(3)27(21)26-18)20(28)23-17-11-15(22)8-5-12(17)2/h5-11,18-19,26H,4H2,1-3H3,(H,23,28)/t18-,19-/m1/s1. The summed E-state index contributed by atoms with van der Waals surface area (Å²) in [5, 5.41) is 12.1. The summed E-state index contributed by atoms with van der Waals surface area (Å²) in [7, 11) is 0. The Morgan fingerprint density at radius 2 is 2.00 bits per heavy atom. The molecule has 7 nitrogen and oxygen atoms in total. The third kappa shape index (κ3) is 4.11. The number of fused-ring (bicyclic) bond motifs is 1. The van der Waals surface area contributed by atoms with Crippen LogP contribution in [0.3, 0.4) is 0 Å². The minimum Gasteiger partial charge on any atom is -0.494 e. The Morgan fingerprint density at radius 3 is 2.73 bits per heavy atom. The Labute approximate surface area is 184 Å². The van der Waals surface area contributed by atoms with Crippen molar-refractivity contribution in [1.29, 1.82) is 0 Å². The second-order valence-corrected chi connectivity index (χ2v) is 8.51. The van der Waals surface area contributed by atoms with Gasteiger partial charge in [0.05, 0.1) is 12.6 Å². The number of thioether (sulfide) groups is 1. The zero-order valence-electron chi connectivity index (χ0n) is 16.8. The number of nitrogens with one attached hydrogen (secondary N) is 2. The number of aromatic nitrogens is 3. The molecule has 30 heavy (non-hydrogen) atoms. The van der Waals surface area contributed by atoms with Crippen LogP contribution in [0.4, 0.5) is 5.69 Å². The fraction of sp³-hybridized carbons (Fsp3) is 0.286.